The first-order valence-electron chi connectivity index (χ1n) is 3.52. The number of hydrogen-bond donors (Lipinski definition) is 0. The number of rotatable bonds is 0. The van der Waals surface area contributed by atoms with E-state index in [0.29, 0.717) is 0 Å². The second kappa shape index (κ2) is 3.37. The Kier molecular flexibility index (Phi) is 2.24. The fourth-order valence-corrected chi connectivity index (χ4v) is 3.02. The zero-order chi connectivity index (χ0) is 7.52. The summed E-state index contributed by atoms with van der Waals surface area (Å²) < 4.78 is 0. The normalized spacial score (nSPS) is 15.6. The van der Waals surface area contributed by atoms with Gasteiger partial charge in [-0.15, -0.1) is 0 Å². The van der Waals surface area contributed by atoms with Crippen LogP contribution < -0.4 is 0 Å². The number of hydrogen-bond acceptors (Lipinski definition) is 2. The molecule has 11 heavy (non-hydrogen) atoms. The maximum Gasteiger partial charge on any atom is 0.0255 e. The summed E-state index contributed by atoms with van der Waals surface area (Å²) >= 11 is 0. The van der Waals surface area contributed by atoms with Gasteiger partial charge in [0.2, 0.25) is 0 Å². The van der Waals surface area contributed by atoms with E-state index >= 15 is 0 Å². The smallest absolute Gasteiger partial charge is 0.0255 e. The van der Waals surface area contributed by atoms with Gasteiger partial charge in [0.15, 0.2) is 0 Å². The van der Waals surface area contributed by atoms with E-state index in [1.165, 1.54) is 10.5 Å². The maximum atomic E-state index is 2.21. The van der Waals surface area contributed by atoms with Gasteiger partial charge in [0.05, 0.1) is 0 Å². The lowest BCUT2D eigenvalue weighted by Crippen LogP contribution is -1.73. The molecule has 0 fully saturated rings. The third-order valence-corrected chi connectivity index (χ3v) is 3.83. The molecule has 1 aromatic rings. The highest BCUT2D eigenvalue weighted by Crippen LogP contribution is 2.36. The van der Waals surface area contributed by atoms with E-state index in [1.54, 1.807) is 0 Å². The quantitative estimate of drug-likeness (QED) is 0.561. The van der Waals surface area contributed by atoms with Crippen LogP contribution in [0, 0.1) is 0 Å². The van der Waals surface area contributed by atoms with E-state index in [0.717, 1.165) is 5.75 Å². The number of fused-ring (bicyclic) bond motifs is 1. The second-order valence-electron chi connectivity index (χ2n) is 2.31. The first-order chi connectivity index (χ1) is 5.47. The van der Waals surface area contributed by atoms with E-state index < -0.39 is 0 Å². The molecule has 1 aliphatic heterocycles. The molecule has 0 amide bonds. The van der Waals surface area contributed by atoms with Gasteiger partial charge in [-0.1, -0.05) is 51.9 Å². The van der Waals surface area contributed by atoms with Crippen LogP contribution in [0.2, 0.25) is 0 Å². The molecule has 0 radical (unpaired) electrons. The van der Waals surface area contributed by atoms with E-state index in [-0.39, 0.29) is 0 Å². The fourth-order valence-electron chi connectivity index (χ4n) is 1.01. The Morgan fingerprint density at radius 2 is 2.09 bits per heavy atom. The Labute approximate surface area is 74.5 Å². The highest BCUT2D eigenvalue weighted by Gasteiger charge is 2.01. The Bertz CT molecular complexity index is 279. The molecule has 0 N–H and O–H groups in total. The molecule has 2 rings (SSSR count). The molecule has 0 aliphatic carbocycles. The molecule has 1 heterocycles. The van der Waals surface area contributed by atoms with Crippen molar-refractivity contribution in [2.24, 2.45) is 0 Å². The first kappa shape index (κ1) is 7.32. The zero-order valence-electron chi connectivity index (χ0n) is 5.99. The molecule has 1 aromatic carbocycles. The largest absolute Gasteiger partial charge is 0.0847 e. The van der Waals surface area contributed by atoms with Crippen LogP contribution in [0.1, 0.15) is 5.56 Å². The van der Waals surface area contributed by atoms with Gasteiger partial charge in [0.1, 0.15) is 0 Å². The van der Waals surface area contributed by atoms with Crippen molar-refractivity contribution in [3.05, 3.63) is 35.9 Å². The van der Waals surface area contributed by atoms with Gasteiger partial charge in [-0.2, -0.15) is 0 Å². The van der Waals surface area contributed by atoms with Crippen LogP contribution in [0.3, 0.4) is 0 Å². The molecule has 2 heteroatoms. The SMILES string of the molecule is C1=Cc2ccccc2SSC1. The van der Waals surface area contributed by atoms with E-state index in [1.807, 2.05) is 21.6 Å². The topological polar surface area (TPSA) is 0 Å². The Balaban J connectivity index is 2.45. The first-order valence-corrected chi connectivity index (χ1v) is 5.84. The molecule has 0 bridgehead atoms. The van der Waals surface area contributed by atoms with Gasteiger partial charge in [-0.25, -0.2) is 0 Å². The molecular formula is C9H8S2. The lowest BCUT2D eigenvalue weighted by molar-refractivity contribution is 1.43. The van der Waals surface area contributed by atoms with Crippen molar-refractivity contribution in [2.75, 3.05) is 5.75 Å². The molecule has 1 aliphatic rings. The lowest BCUT2D eigenvalue weighted by atomic mass is 10.2. The molecule has 0 saturated carbocycles. The van der Waals surface area contributed by atoms with Gasteiger partial charge >= 0.3 is 0 Å². The average molecular weight is 180 g/mol. The Morgan fingerprint density at radius 1 is 1.18 bits per heavy atom. The minimum atomic E-state index is 1.11. The minimum absolute atomic E-state index is 1.11. The van der Waals surface area contributed by atoms with Crippen molar-refractivity contribution in [2.45, 2.75) is 4.90 Å². The molecule has 0 nitrogen and oxygen atoms in total. The summed E-state index contributed by atoms with van der Waals surface area (Å²) in [5.74, 6) is 1.11. The van der Waals surface area contributed by atoms with Crippen molar-refractivity contribution in [1.29, 1.82) is 0 Å². The molecule has 0 atom stereocenters. The summed E-state index contributed by atoms with van der Waals surface area (Å²) in [4.78, 5) is 1.38. The summed E-state index contributed by atoms with van der Waals surface area (Å²) in [5.41, 5.74) is 1.35. The van der Waals surface area contributed by atoms with Gasteiger partial charge in [-0.3, -0.25) is 0 Å². The summed E-state index contributed by atoms with van der Waals surface area (Å²) in [7, 11) is 3.75. The van der Waals surface area contributed by atoms with E-state index in [9.17, 15) is 0 Å². The van der Waals surface area contributed by atoms with Crippen LogP contribution in [0.5, 0.6) is 0 Å². The zero-order valence-corrected chi connectivity index (χ0v) is 7.62. The summed E-state index contributed by atoms with van der Waals surface area (Å²) in [6, 6.07) is 8.50. The second-order valence-corrected chi connectivity index (χ2v) is 4.69. The Hall–Kier alpha value is -0.340. The monoisotopic (exact) mass is 180 g/mol. The van der Waals surface area contributed by atoms with Crippen LogP contribution in [0.15, 0.2) is 35.2 Å². The molecule has 0 saturated heterocycles. The summed E-state index contributed by atoms with van der Waals surface area (Å²) in [6.45, 7) is 0. The summed E-state index contributed by atoms with van der Waals surface area (Å²) in [5, 5.41) is 0. The van der Waals surface area contributed by atoms with Crippen LogP contribution in [0.25, 0.3) is 6.08 Å². The van der Waals surface area contributed by atoms with E-state index in [2.05, 4.69) is 36.4 Å². The standard InChI is InChI=1S/C9H8S2/c1-2-6-9-8(4-1)5-3-7-10-11-9/h1-6H,7H2. The Morgan fingerprint density at radius 3 is 3.09 bits per heavy atom. The highest BCUT2D eigenvalue weighted by molar-refractivity contribution is 8.76. The lowest BCUT2D eigenvalue weighted by Gasteiger charge is -1.99. The van der Waals surface area contributed by atoms with Crippen LogP contribution >= 0.6 is 21.6 Å². The van der Waals surface area contributed by atoms with Crippen LogP contribution in [-0.4, -0.2) is 5.75 Å². The highest BCUT2D eigenvalue weighted by atomic mass is 33.1. The van der Waals surface area contributed by atoms with Crippen LogP contribution in [0.4, 0.5) is 0 Å². The van der Waals surface area contributed by atoms with Gasteiger partial charge in [0.25, 0.3) is 0 Å². The average Bonchev–Trinajstić information content (AvgIpc) is 2.28. The fraction of sp³-hybridized carbons (Fsp3) is 0.111. The van der Waals surface area contributed by atoms with Crippen molar-refractivity contribution >= 4 is 27.7 Å². The predicted molar refractivity (Wildman–Crippen MR) is 53.8 cm³/mol. The third-order valence-electron chi connectivity index (χ3n) is 1.53. The molecule has 0 unspecified atom stereocenters. The molecule has 0 spiro atoms. The van der Waals surface area contributed by atoms with Gasteiger partial charge in [0, 0.05) is 10.6 Å². The van der Waals surface area contributed by atoms with E-state index in [4.69, 9.17) is 0 Å². The molecule has 56 valence electrons. The van der Waals surface area contributed by atoms with Crippen molar-refractivity contribution in [3.8, 4) is 0 Å². The van der Waals surface area contributed by atoms with Gasteiger partial charge in [-0.05, 0) is 11.6 Å². The maximum absolute atomic E-state index is 2.21. The third kappa shape index (κ3) is 1.63. The molecule has 0 aromatic heterocycles. The van der Waals surface area contributed by atoms with Crippen LogP contribution in [-0.2, 0) is 0 Å². The summed E-state index contributed by atoms with van der Waals surface area (Å²) in [6.07, 6.45) is 4.41. The number of benzene rings is 1. The predicted octanol–water partition coefficient (Wildman–Crippen LogP) is 3.45. The van der Waals surface area contributed by atoms with Gasteiger partial charge < -0.3 is 0 Å². The van der Waals surface area contributed by atoms with Crippen molar-refractivity contribution in [3.63, 3.8) is 0 Å². The van der Waals surface area contributed by atoms with Crippen molar-refractivity contribution in [1.82, 2.24) is 0 Å². The molecular weight excluding hydrogens is 172 g/mol. The van der Waals surface area contributed by atoms with Crippen molar-refractivity contribution < 1.29 is 0 Å². The minimum Gasteiger partial charge on any atom is -0.0847 e.